The topological polar surface area (TPSA) is 38.3 Å². The summed E-state index contributed by atoms with van der Waals surface area (Å²) in [6.07, 6.45) is 0. The fourth-order valence-corrected chi connectivity index (χ4v) is 3.02. The maximum atomic E-state index is 11.9. The van der Waals surface area contributed by atoms with Crippen LogP contribution in [0.25, 0.3) is 0 Å². The third kappa shape index (κ3) is 5.97. The molecule has 0 spiro atoms. The number of rotatable bonds is 8. The number of benzene rings is 1. The van der Waals surface area contributed by atoms with Gasteiger partial charge in [0, 0.05) is 17.5 Å². The van der Waals surface area contributed by atoms with E-state index in [4.69, 9.17) is 4.74 Å². The first kappa shape index (κ1) is 17.1. The molecule has 0 amide bonds. The Hall–Kier alpha value is -1.00. The first-order valence-corrected chi connectivity index (χ1v) is 8.25. The molecule has 1 atom stereocenters. The highest BCUT2D eigenvalue weighted by Crippen LogP contribution is 2.17. The molecule has 20 heavy (non-hydrogen) atoms. The summed E-state index contributed by atoms with van der Waals surface area (Å²) >= 11 is 1.76. The van der Waals surface area contributed by atoms with Gasteiger partial charge in [-0.15, -0.1) is 0 Å². The first-order valence-electron chi connectivity index (χ1n) is 7.09. The quantitative estimate of drug-likeness (QED) is 0.748. The van der Waals surface area contributed by atoms with Gasteiger partial charge in [0.15, 0.2) is 0 Å². The van der Waals surface area contributed by atoms with Crippen LogP contribution in [0.15, 0.2) is 24.3 Å². The van der Waals surface area contributed by atoms with Crippen LogP contribution in [0.2, 0.25) is 0 Å². The van der Waals surface area contributed by atoms with Crippen LogP contribution in [-0.2, 0) is 15.3 Å². The van der Waals surface area contributed by atoms with Gasteiger partial charge in [0.2, 0.25) is 0 Å². The normalized spacial score (nSPS) is 12.4. The summed E-state index contributed by atoms with van der Waals surface area (Å²) < 4.78 is 5.12. The Bertz CT molecular complexity index is 421. The molecule has 0 aliphatic rings. The van der Waals surface area contributed by atoms with Crippen LogP contribution in [-0.4, -0.2) is 30.4 Å². The van der Waals surface area contributed by atoms with Gasteiger partial charge in [0.25, 0.3) is 0 Å². The van der Waals surface area contributed by atoms with Gasteiger partial charge >= 0.3 is 5.97 Å². The minimum atomic E-state index is -0.232. The van der Waals surface area contributed by atoms with E-state index in [1.165, 1.54) is 11.1 Å². The van der Waals surface area contributed by atoms with Gasteiger partial charge in [0.1, 0.15) is 6.04 Å². The zero-order valence-corrected chi connectivity index (χ0v) is 13.6. The molecule has 112 valence electrons. The second-order valence-electron chi connectivity index (χ2n) is 5.07. The molecule has 0 aliphatic carbocycles. The fourth-order valence-electron chi connectivity index (χ4n) is 1.89. The van der Waals surface area contributed by atoms with E-state index in [2.05, 4.69) is 30.4 Å². The summed E-state index contributed by atoms with van der Waals surface area (Å²) in [6.45, 7) is 8.46. The van der Waals surface area contributed by atoms with Crippen LogP contribution in [0, 0.1) is 6.92 Å². The van der Waals surface area contributed by atoms with E-state index in [1.54, 1.807) is 11.8 Å². The number of nitrogens with one attached hydrogen (secondary N) is 1. The van der Waals surface area contributed by atoms with E-state index in [-0.39, 0.29) is 18.1 Å². The Labute approximate surface area is 126 Å². The molecule has 0 fully saturated rings. The van der Waals surface area contributed by atoms with Crippen molar-refractivity contribution in [2.75, 3.05) is 12.4 Å². The van der Waals surface area contributed by atoms with E-state index in [0.717, 1.165) is 11.5 Å². The Morgan fingerprint density at radius 3 is 2.65 bits per heavy atom. The molecule has 0 bridgehead atoms. The first-order chi connectivity index (χ1) is 9.54. The van der Waals surface area contributed by atoms with Gasteiger partial charge < -0.3 is 10.1 Å². The minimum absolute atomic E-state index is 0.154. The van der Waals surface area contributed by atoms with Crippen molar-refractivity contribution in [1.29, 1.82) is 0 Å². The second kappa shape index (κ2) is 9.03. The van der Waals surface area contributed by atoms with E-state index in [9.17, 15) is 4.79 Å². The molecule has 0 aliphatic heterocycles. The zero-order valence-electron chi connectivity index (χ0n) is 12.8. The summed E-state index contributed by atoms with van der Waals surface area (Å²) in [7, 11) is 0. The lowest BCUT2D eigenvalue weighted by molar-refractivity contribution is -0.145. The third-order valence-corrected chi connectivity index (χ3v) is 3.99. The average molecular weight is 295 g/mol. The molecular weight excluding hydrogens is 270 g/mol. The van der Waals surface area contributed by atoms with Crippen LogP contribution in [0.1, 0.15) is 31.9 Å². The number of ether oxygens (including phenoxy) is 1. The molecule has 1 aromatic carbocycles. The highest BCUT2D eigenvalue weighted by molar-refractivity contribution is 7.98. The van der Waals surface area contributed by atoms with Crippen LogP contribution in [0.5, 0.6) is 0 Å². The van der Waals surface area contributed by atoms with Crippen LogP contribution >= 0.6 is 11.8 Å². The maximum Gasteiger partial charge on any atom is 0.323 e. The van der Waals surface area contributed by atoms with Crippen molar-refractivity contribution in [3.05, 3.63) is 35.4 Å². The Balaban J connectivity index is 2.49. The SMILES string of the molecule is CCOC(=O)C(CSCc1ccccc1C)NC(C)C. The number of aryl methyl sites for hydroxylation is 1. The lowest BCUT2D eigenvalue weighted by Gasteiger charge is -2.19. The fraction of sp³-hybridized carbons (Fsp3) is 0.562. The highest BCUT2D eigenvalue weighted by Gasteiger charge is 2.20. The molecule has 1 rings (SSSR count). The second-order valence-corrected chi connectivity index (χ2v) is 6.10. The predicted molar refractivity (Wildman–Crippen MR) is 86.0 cm³/mol. The number of thioether (sulfide) groups is 1. The van der Waals surface area contributed by atoms with E-state index >= 15 is 0 Å². The molecule has 4 heteroatoms. The molecule has 1 aromatic rings. The van der Waals surface area contributed by atoms with Crippen molar-refractivity contribution in [1.82, 2.24) is 5.32 Å². The standard InChI is InChI=1S/C16H25NO2S/c1-5-19-16(18)15(17-12(2)3)11-20-10-14-9-7-6-8-13(14)4/h6-9,12,15,17H,5,10-11H2,1-4H3. The molecule has 0 saturated carbocycles. The molecule has 0 heterocycles. The van der Waals surface area contributed by atoms with Crippen LogP contribution < -0.4 is 5.32 Å². The van der Waals surface area contributed by atoms with Gasteiger partial charge in [-0.2, -0.15) is 11.8 Å². The van der Waals surface area contributed by atoms with Crippen molar-refractivity contribution in [3.63, 3.8) is 0 Å². The van der Waals surface area contributed by atoms with E-state index in [0.29, 0.717) is 6.61 Å². The molecule has 1 unspecified atom stereocenters. The lowest BCUT2D eigenvalue weighted by Crippen LogP contribution is -2.43. The monoisotopic (exact) mass is 295 g/mol. The molecular formula is C16H25NO2S. The Morgan fingerprint density at radius 1 is 1.35 bits per heavy atom. The Morgan fingerprint density at radius 2 is 2.05 bits per heavy atom. The number of carbonyl (C=O) groups is 1. The van der Waals surface area contributed by atoms with Gasteiger partial charge in [-0.25, -0.2) is 0 Å². The van der Waals surface area contributed by atoms with Gasteiger partial charge in [-0.3, -0.25) is 4.79 Å². The Kier molecular flexibility index (Phi) is 7.70. The van der Waals surface area contributed by atoms with Crippen molar-refractivity contribution in [3.8, 4) is 0 Å². The number of esters is 1. The minimum Gasteiger partial charge on any atom is -0.465 e. The summed E-state index contributed by atoms with van der Waals surface area (Å²) in [4.78, 5) is 11.9. The van der Waals surface area contributed by atoms with Crippen molar-refractivity contribution in [2.24, 2.45) is 0 Å². The van der Waals surface area contributed by atoms with Gasteiger partial charge in [-0.05, 0) is 25.0 Å². The van der Waals surface area contributed by atoms with Crippen LogP contribution in [0.3, 0.4) is 0 Å². The van der Waals surface area contributed by atoms with Gasteiger partial charge in [-0.1, -0.05) is 38.1 Å². The van der Waals surface area contributed by atoms with Crippen molar-refractivity contribution in [2.45, 2.75) is 45.5 Å². The average Bonchev–Trinajstić information content (AvgIpc) is 2.39. The van der Waals surface area contributed by atoms with Crippen molar-refractivity contribution >= 4 is 17.7 Å². The lowest BCUT2D eigenvalue weighted by atomic mass is 10.1. The van der Waals surface area contributed by atoms with Gasteiger partial charge in [0.05, 0.1) is 6.61 Å². The summed E-state index contributed by atoms with van der Waals surface area (Å²) in [6, 6.07) is 8.39. The number of carbonyl (C=O) groups excluding carboxylic acids is 1. The van der Waals surface area contributed by atoms with E-state index < -0.39 is 0 Å². The third-order valence-electron chi connectivity index (χ3n) is 2.91. The molecule has 0 saturated heterocycles. The van der Waals surface area contributed by atoms with E-state index in [1.807, 2.05) is 26.8 Å². The summed E-state index contributed by atoms with van der Waals surface area (Å²) in [5.74, 6) is 1.49. The zero-order chi connectivity index (χ0) is 15.0. The highest BCUT2D eigenvalue weighted by atomic mass is 32.2. The molecule has 0 radical (unpaired) electrons. The maximum absolute atomic E-state index is 11.9. The number of hydrogen-bond acceptors (Lipinski definition) is 4. The summed E-state index contributed by atoms with van der Waals surface area (Å²) in [5.41, 5.74) is 2.62. The smallest absolute Gasteiger partial charge is 0.323 e. The molecule has 1 N–H and O–H groups in total. The summed E-state index contributed by atoms with van der Waals surface area (Å²) in [5, 5.41) is 3.27. The van der Waals surface area contributed by atoms with Crippen molar-refractivity contribution < 1.29 is 9.53 Å². The van der Waals surface area contributed by atoms with Crippen LogP contribution in [0.4, 0.5) is 0 Å². The molecule has 0 aromatic heterocycles. The predicted octanol–water partition coefficient (Wildman–Crippen LogP) is 3.16. The number of hydrogen-bond donors (Lipinski definition) is 1. The molecule has 3 nitrogen and oxygen atoms in total. The largest absolute Gasteiger partial charge is 0.465 e.